The molecular formula is C14H20F3NS. The maximum absolute atomic E-state index is 12.3. The second kappa shape index (κ2) is 7.20. The van der Waals surface area contributed by atoms with E-state index in [1.54, 1.807) is 12.1 Å². The van der Waals surface area contributed by atoms with Crippen LogP contribution in [0.1, 0.15) is 26.3 Å². The smallest absolute Gasteiger partial charge is 0.314 e. The predicted molar refractivity (Wildman–Crippen MR) is 74.4 cm³/mol. The molecule has 0 aromatic heterocycles. The molecule has 0 saturated carbocycles. The van der Waals surface area contributed by atoms with Crippen molar-refractivity contribution in [3.8, 4) is 0 Å². The molecule has 0 saturated heterocycles. The summed E-state index contributed by atoms with van der Waals surface area (Å²) in [6, 6.07) is 6.92. The zero-order valence-corrected chi connectivity index (χ0v) is 12.2. The van der Waals surface area contributed by atoms with Crippen LogP contribution in [0.2, 0.25) is 0 Å². The molecule has 108 valence electrons. The van der Waals surface area contributed by atoms with Crippen LogP contribution < -0.4 is 5.32 Å². The Labute approximate surface area is 117 Å². The molecule has 1 aromatic rings. The fourth-order valence-corrected chi connectivity index (χ4v) is 2.36. The molecule has 1 N–H and O–H groups in total. The summed E-state index contributed by atoms with van der Waals surface area (Å²) in [5.74, 6) is 0.564. The molecule has 19 heavy (non-hydrogen) atoms. The number of benzene rings is 1. The molecule has 0 radical (unpaired) electrons. The van der Waals surface area contributed by atoms with Gasteiger partial charge in [-0.25, -0.2) is 0 Å². The van der Waals surface area contributed by atoms with Crippen LogP contribution in [0.4, 0.5) is 13.2 Å². The van der Waals surface area contributed by atoms with Gasteiger partial charge in [-0.15, -0.1) is 0 Å². The third kappa shape index (κ3) is 7.47. The van der Waals surface area contributed by atoms with Gasteiger partial charge in [-0.05, 0) is 55.3 Å². The van der Waals surface area contributed by atoms with E-state index in [1.165, 1.54) is 6.07 Å². The monoisotopic (exact) mass is 291 g/mol. The number of rotatable bonds is 6. The summed E-state index contributed by atoms with van der Waals surface area (Å²) >= 11 is -0.0602. The van der Waals surface area contributed by atoms with Crippen molar-refractivity contribution >= 4 is 11.8 Å². The van der Waals surface area contributed by atoms with E-state index in [9.17, 15) is 13.2 Å². The number of halogens is 3. The lowest BCUT2D eigenvalue weighted by Crippen LogP contribution is -2.31. The van der Waals surface area contributed by atoms with Crippen molar-refractivity contribution in [2.45, 2.75) is 43.6 Å². The van der Waals surface area contributed by atoms with Gasteiger partial charge in [0, 0.05) is 10.9 Å². The maximum Gasteiger partial charge on any atom is 0.446 e. The second-order valence-electron chi connectivity index (χ2n) is 5.10. The van der Waals surface area contributed by atoms with Crippen LogP contribution in [-0.2, 0) is 6.42 Å². The number of hydrogen-bond acceptors (Lipinski definition) is 2. The molecule has 1 atom stereocenters. The van der Waals surface area contributed by atoms with E-state index < -0.39 is 5.51 Å². The highest BCUT2D eigenvalue weighted by molar-refractivity contribution is 8.00. The lowest BCUT2D eigenvalue weighted by molar-refractivity contribution is -0.0328. The summed E-state index contributed by atoms with van der Waals surface area (Å²) in [6.07, 6.45) is 0.735. The van der Waals surface area contributed by atoms with E-state index >= 15 is 0 Å². The SMILES string of the molecule is CC(C)CNC(C)Cc1cccc(SC(F)(F)F)c1. The Bertz CT molecular complexity index is 391. The van der Waals surface area contributed by atoms with Crippen LogP contribution in [0.5, 0.6) is 0 Å². The van der Waals surface area contributed by atoms with E-state index in [0.29, 0.717) is 5.92 Å². The number of nitrogens with one attached hydrogen (secondary N) is 1. The first-order valence-electron chi connectivity index (χ1n) is 6.34. The molecule has 0 amide bonds. The molecular weight excluding hydrogens is 271 g/mol. The Kier molecular flexibility index (Phi) is 6.20. The lowest BCUT2D eigenvalue weighted by atomic mass is 10.1. The third-order valence-electron chi connectivity index (χ3n) is 2.55. The van der Waals surface area contributed by atoms with Crippen molar-refractivity contribution in [2.24, 2.45) is 5.92 Å². The van der Waals surface area contributed by atoms with Crippen molar-refractivity contribution in [1.29, 1.82) is 0 Å². The van der Waals surface area contributed by atoms with E-state index in [-0.39, 0.29) is 22.7 Å². The molecule has 0 aliphatic heterocycles. The van der Waals surface area contributed by atoms with Crippen LogP contribution >= 0.6 is 11.8 Å². The van der Waals surface area contributed by atoms with Gasteiger partial charge in [0.1, 0.15) is 0 Å². The first kappa shape index (κ1) is 16.4. The van der Waals surface area contributed by atoms with Gasteiger partial charge in [-0.1, -0.05) is 26.0 Å². The molecule has 0 fully saturated rings. The van der Waals surface area contributed by atoms with Crippen LogP contribution in [0.3, 0.4) is 0 Å². The minimum atomic E-state index is -4.22. The molecule has 1 unspecified atom stereocenters. The first-order chi connectivity index (χ1) is 8.76. The highest BCUT2D eigenvalue weighted by Crippen LogP contribution is 2.36. The zero-order chi connectivity index (χ0) is 14.5. The summed E-state index contributed by atoms with van der Waals surface area (Å²) in [5, 5.41) is 3.37. The van der Waals surface area contributed by atoms with Crippen molar-refractivity contribution in [2.75, 3.05) is 6.54 Å². The molecule has 0 spiro atoms. The summed E-state index contributed by atoms with van der Waals surface area (Å²) in [6.45, 7) is 7.21. The number of hydrogen-bond donors (Lipinski definition) is 1. The van der Waals surface area contributed by atoms with Crippen LogP contribution in [-0.4, -0.2) is 18.1 Å². The summed E-state index contributed by atoms with van der Waals surface area (Å²) in [7, 11) is 0. The van der Waals surface area contributed by atoms with E-state index in [0.717, 1.165) is 18.5 Å². The van der Waals surface area contributed by atoms with E-state index in [1.807, 2.05) is 13.0 Å². The quantitative estimate of drug-likeness (QED) is 0.776. The summed E-state index contributed by atoms with van der Waals surface area (Å²) < 4.78 is 36.9. The second-order valence-corrected chi connectivity index (χ2v) is 6.24. The summed E-state index contributed by atoms with van der Waals surface area (Å²) in [5.41, 5.74) is -3.29. The molecule has 1 rings (SSSR count). The van der Waals surface area contributed by atoms with E-state index in [2.05, 4.69) is 19.2 Å². The minimum Gasteiger partial charge on any atom is -0.314 e. The molecule has 5 heteroatoms. The Balaban J connectivity index is 2.57. The van der Waals surface area contributed by atoms with E-state index in [4.69, 9.17) is 0 Å². The molecule has 0 aliphatic rings. The molecule has 0 bridgehead atoms. The fraction of sp³-hybridized carbons (Fsp3) is 0.571. The topological polar surface area (TPSA) is 12.0 Å². The van der Waals surface area contributed by atoms with Gasteiger partial charge in [0.25, 0.3) is 0 Å². The van der Waals surface area contributed by atoms with Crippen LogP contribution in [0, 0.1) is 5.92 Å². The molecule has 0 heterocycles. The van der Waals surface area contributed by atoms with Gasteiger partial charge in [0.2, 0.25) is 0 Å². The maximum atomic E-state index is 12.3. The lowest BCUT2D eigenvalue weighted by Gasteiger charge is -2.16. The molecule has 1 aromatic carbocycles. The first-order valence-corrected chi connectivity index (χ1v) is 7.16. The number of alkyl halides is 3. The van der Waals surface area contributed by atoms with Gasteiger partial charge in [0.15, 0.2) is 0 Å². The normalized spacial score (nSPS) is 13.8. The van der Waals surface area contributed by atoms with Gasteiger partial charge in [-0.2, -0.15) is 13.2 Å². The Morgan fingerprint density at radius 2 is 1.89 bits per heavy atom. The Morgan fingerprint density at radius 3 is 2.47 bits per heavy atom. The average Bonchev–Trinajstić information content (AvgIpc) is 2.24. The standard InChI is InChI=1S/C14H20F3NS/c1-10(2)9-18-11(3)7-12-5-4-6-13(8-12)19-14(15,16)17/h4-6,8,10-11,18H,7,9H2,1-3H3. The van der Waals surface area contributed by atoms with Crippen LogP contribution in [0.15, 0.2) is 29.2 Å². The zero-order valence-electron chi connectivity index (χ0n) is 11.4. The van der Waals surface area contributed by atoms with Crippen molar-refractivity contribution in [1.82, 2.24) is 5.32 Å². The third-order valence-corrected chi connectivity index (χ3v) is 3.27. The van der Waals surface area contributed by atoms with Gasteiger partial charge in [0.05, 0.1) is 0 Å². The van der Waals surface area contributed by atoms with Gasteiger partial charge < -0.3 is 5.32 Å². The number of thioether (sulfide) groups is 1. The Hall–Kier alpha value is -0.680. The highest BCUT2D eigenvalue weighted by Gasteiger charge is 2.29. The molecule has 0 aliphatic carbocycles. The fourth-order valence-electron chi connectivity index (χ4n) is 1.73. The predicted octanol–water partition coefficient (Wildman–Crippen LogP) is 4.48. The Morgan fingerprint density at radius 1 is 1.21 bits per heavy atom. The summed E-state index contributed by atoms with van der Waals surface area (Å²) in [4.78, 5) is 0.251. The van der Waals surface area contributed by atoms with Gasteiger partial charge >= 0.3 is 5.51 Å². The largest absolute Gasteiger partial charge is 0.446 e. The van der Waals surface area contributed by atoms with Gasteiger partial charge in [-0.3, -0.25) is 0 Å². The van der Waals surface area contributed by atoms with Crippen molar-refractivity contribution in [3.05, 3.63) is 29.8 Å². The molecule has 1 nitrogen and oxygen atoms in total. The van der Waals surface area contributed by atoms with Crippen molar-refractivity contribution in [3.63, 3.8) is 0 Å². The minimum absolute atomic E-state index is 0.0602. The van der Waals surface area contributed by atoms with Crippen molar-refractivity contribution < 1.29 is 13.2 Å². The van der Waals surface area contributed by atoms with Crippen LogP contribution in [0.25, 0.3) is 0 Å². The highest BCUT2D eigenvalue weighted by atomic mass is 32.2. The average molecular weight is 291 g/mol.